The molecule has 0 aliphatic rings. The van der Waals surface area contributed by atoms with E-state index in [1.165, 1.54) is 23.1 Å². The minimum Gasteiger partial charge on any atom is -0.301 e. The standard InChI is InChI=1S/C12H12N6OS3/c1-8-6-21-11(13-8)14-10(19)7-22-12-15-16-17-18(12)5-9-3-2-4-20-9/h2-4,6H,5,7H2,1H3,(H,13,14,19). The second kappa shape index (κ2) is 6.99. The summed E-state index contributed by atoms with van der Waals surface area (Å²) in [5, 5.41) is 19.5. The number of nitrogens with one attached hydrogen (secondary N) is 1. The zero-order chi connectivity index (χ0) is 15.4. The van der Waals surface area contributed by atoms with E-state index in [4.69, 9.17) is 0 Å². The Bertz CT molecular complexity index is 751. The summed E-state index contributed by atoms with van der Waals surface area (Å²) in [5.41, 5.74) is 0.896. The van der Waals surface area contributed by atoms with Crippen LogP contribution in [0.1, 0.15) is 10.6 Å². The van der Waals surface area contributed by atoms with Crippen LogP contribution in [0.4, 0.5) is 5.13 Å². The molecule has 0 bridgehead atoms. The van der Waals surface area contributed by atoms with Crippen LogP contribution in [0.25, 0.3) is 0 Å². The number of carbonyl (C=O) groups excluding carboxylic acids is 1. The number of tetrazole rings is 1. The van der Waals surface area contributed by atoms with Crippen molar-refractivity contribution in [3.05, 3.63) is 33.5 Å². The van der Waals surface area contributed by atoms with Gasteiger partial charge in [-0.05, 0) is 28.8 Å². The number of anilines is 1. The fraction of sp³-hybridized carbons (Fsp3) is 0.250. The van der Waals surface area contributed by atoms with Crippen LogP contribution in [0.15, 0.2) is 28.0 Å². The minimum absolute atomic E-state index is 0.120. The molecule has 114 valence electrons. The summed E-state index contributed by atoms with van der Waals surface area (Å²) in [6.07, 6.45) is 0. The molecule has 0 spiro atoms. The molecule has 3 rings (SSSR count). The number of aromatic nitrogens is 5. The average molecular weight is 352 g/mol. The Balaban J connectivity index is 1.55. The molecule has 3 heterocycles. The van der Waals surface area contributed by atoms with E-state index in [2.05, 4.69) is 25.8 Å². The molecule has 0 aromatic carbocycles. The third kappa shape index (κ3) is 3.90. The van der Waals surface area contributed by atoms with Gasteiger partial charge in [0.1, 0.15) is 0 Å². The Morgan fingerprint density at radius 1 is 1.45 bits per heavy atom. The van der Waals surface area contributed by atoms with E-state index < -0.39 is 0 Å². The van der Waals surface area contributed by atoms with Crippen LogP contribution in [-0.2, 0) is 11.3 Å². The predicted octanol–water partition coefficient (Wildman–Crippen LogP) is 2.28. The van der Waals surface area contributed by atoms with Crippen molar-refractivity contribution in [2.24, 2.45) is 0 Å². The van der Waals surface area contributed by atoms with E-state index in [0.717, 1.165) is 10.6 Å². The van der Waals surface area contributed by atoms with Crippen molar-refractivity contribution in [2.75, 3.05) is 11.1 Å². The molecule has 0 saturated heterocycles. The Hall–Kier alpha value is -1.78. The number of carbonyl (C=O) groups is 1. The highest BCUT2D eigenvalue weighted by atomic mass is 32.2. The normalized spacial score (nSPS) is 10.8. The van der Waals surface area contributed by atoms with Crippen molar-refractivity contribution in [1.82, 2.24) is 25.2 Å². The molecule has 0 aliphatic heterocycles. The first kappa shape index (κ1) is 15.1. The average Bonchev–Trinajstić information content (AvgIpc) is 3.21. The monoisotopic (exact) mass is 352 g/mol. The quantitative estimate of drug-likeness (QED) is 0.685. The zero-order valence-corrected chi connectivity index (χ0v) is 14.0. The molecule has 0 fully saturated rings. The van der Waals surface area contributed by atoms with Gasteiger partial charge in [-0.2, -0.15) is 0 Å². The van der Waals surface area contributed by atoms with Crippen LogP contribution in [-0.4, -0.2) is 36.9 Å². The van der Waals surface area contributed by atoms with E-state index in [0.29, 0.717) is 16.8 Å². The van der Waals surface area contributed by atoms with Crippen LogP contribution in [0, 0.1) is 6.92 Å². The van der Waals surface area contributed by atoms with Crippen LogP contribution in [0.3, 0.4) is 0 Å². The summed E-state index contributed by atoms with van der Waals surface area (Å²) in [4.78, 5) is 17.3. The molecule has 0 atom stereocenters. The molecule has 22 heavy (non-hydrogen) atoms. The summed E-state index contributed by atoms with van der Waals surface area (Å²) in [6.45, 7) is 2.50. The highest BCUT2D eigenvalue weighted by Gasteiger charge is 2.12. The molecule has 10 heteroatoms. The summed E-state index contributed by atoms with van der Waals surface area (Å²) in [7, 11) is 0. The third-order valence-electron chi connectivity index (χ3n) is 2.58. The topological polar surface area (TPSA) is 85.6 Å². The molecular formula is C12H12N6OS3. The maximum atomic E-state index is 11.9. The summed E-state index contributed by atoms with van der Waals surface area (Å²) in [6, 6.07) is 4.01. The molecule has 3 aromatic heterocycles. The van der Waals surface area contributed by atoms with Gasteiger partial charge in [0.25, 0.3) is 0 Å². The second-order valence-corrected chi connectivity index (χ2v) is 7.16. The van der Waals surface area contributed by atoms with Crippen molar-refractivity contribution in [3.8, 4) is 0 Å². The van der Waals surface area contributed by atoms with E-state index in [1.54, 1.807) is 16.0 Å². The third-order valence-corrected chi connectivity index (χ3v) is 5.28. The van der Waals surface area contributed by atoms with Gasteiger partial charge >= 0.3 is 0 Å². The molecule has 0 aliphatic carbocycles. The molecule has 7 nitrogen and oxygen atoms in total. The Morgan fingerprint density at radius 3 is 3.09 bits per heavy atom. The highest BCUT2D eigenvalue weighted by molar-refractivity contribution is 7.99. The Kier molecular flexibility index (Phi) is 4.80. The fourth-order valence-electron chi connectivity index (χ4n) is 1.65. The Morgan fingerprint density at radius 2 is 2.36 bits per heavy atom. The molecule has 0 radical (unpaired) electrons. The lowest BCUT2D eigenvalue weighted by Crippen LogP contribution is -2.14. The number of thiazole rings is 1. The predicted molar refractivity (Wildman–Crippen MR) is 87.4 cm³/mol. The fourth-order valence-corrected chi connectivity index (χ4v) is 3.71. The minimum atomic E-state index is -0.120. The van der Waals surface area contributed by atoms with Gasteiger partial charge in [0, 0.05) is 10.3 Å². The molecule has 0 saturated carbocycles. The maximum Gasteiger partial charge on any atom is 0.236 e. The van der Waals surface area contributed by atoms with E-state index in [9.17, 15) is 4.79 Å². The van der Waals surface area contributed by atoms with Crippen molar-refractivity contribution in [2.45, 2.75) is 18.6 Å². The molecule has 1 amide bonds. The van der Waals surface area contributed by atoms with Gasteiger partial charge in [0.05, 0.1) is 18.0 Å². The van der Waals surface area contributed by atoms with Crippen LogP contribution in [0.5, 0.6) is 0 Å². The summed E-state index contributed by atoms with van der Waals surface area (Å²) in [5.74, 6) is 0.119. The number of amides is 1. The molecule has 0 unspecified atom stereocenters. The molecular weight excluding hydrogens is 340 g/mol. The zero-order valence-electron chi connectivity index (χ0n) is 11.6. The smallest absolute Gasteiger partial charge is 0.236 e. The highest BCUT2D eigenvalue weighted by Crippen LogP contribution is 2.18. The first-order valence-corrected chi connectivity index (χ1v) is 9.08. The molecule has 1 N–H and O–H groups in total. The van der Waals surface area contributed by atoms with Crippen molar-refractivity contribution < 1.29 is 4.79 Å². The number of aryl methyl sites for hydroxylation is 1. The van der Waals surface area contributed by atoms with Crippen LogP contribution < -0.4 is 5.32 Å². The largest absolute Gasteiger partial charge is 0.301 e. The lowest BCUT2D eigenvalue weighted by Gasteiger charge is -2.03. The van der Waals surface area contributed by atoms with E-state index >= 15 is 0 Å². The van der Waals surface area contributed by atoms with Crippen LogP contribution in [0.2, 0.25) is 0 Å². The summed E-state index contributed by atoms with van der Waals surface area (Å²) >= 11 is 4.36. The lowest BCUT2D eigenvalue weighted by molar-refractivity contribution is -0.113. The first-order chi connectivity index (χ1) is 10.7. The number of rotatable bonds is 6. The number of hydrogen-bond donors (Lipinski definition) is 1. The maximum absolute atomic E-state index is 11.9. The van der Waals surface area contributed by atoms with Gasteiger partial charge in [-0.3, -0.25) is 4.79 Å². The van der Waals surface area contributed by atoms with Crippen molar-refractivity contribution in [3.63, 3.8) is 0 Å². The van der Waals surface area contributed by atoms with E-state index in [-0.39, 0.29) is 11.7 Å². The van der Waals surface area contributed by atoms with Gasteiger partial charge in [0.2, 0.25) is 11.1 Å². The first-order valence-electron chi connectivity index (χ1n) is 6.34. The van der Waals surface area contributed by atoms with Gasteiger partial charge < -0.3 is 5.32 Å². The number of thioether (sulfide) groups is 1. The van der Waals surface area contributed by atoms with Gasteiger partial charge in [-0.1, -0.05) is 17.8 Å². The van der Waals surface area contributed by atoms with E-state index in [1.807, 2.05) is 29.8 Å². The number of hydrogen-bond acceptors (Lipinski definition) is 8. The van der Waals surface area contributed by atoms with Crippen LogP contribution >= 0.6 is 34.4 Å². The van der Waals surface area contributed by atoms with Crippen molar-refractivity contribution in [1.29, 1.82) is 0 Å². The number of nitrogens with zero attached hydrogens (tertiary/aromatic N) is 5. The molecule has 3 aromatic rings. The van der Waals surface area contributed by atoms with Gasteiger partial charge in [-0.25, -0.2) is 9.67 Å². The van der Waals surface area contributed by atoms with Gasteiger partial charge in [0.15, 0.2) is 5.13 Å². The SMILES string of the molecule is Cc1csc(NC(=O)CSc2nnnn2Cc2cccs2)n1. The Labute approximate surface area is 138 Å². The number of thiophene rings is 1. The summed E-state index contributed by atoms with van der Waals surface area (Å²) < 4.78 is 1.69. The van der Waals surface area contributed by atoms with Gasteiger partial charge in [-0.15, -0.1) is 27.8 Å². The second-order valence-electron chi connectivity index (χ2n) is 4.33. The lowest BCUT2D eigenvalue weighted by atomic mass is 10.5. The van der Waals surface area contributed by atoms with Crippen molar-refractivity contribution >= 4 is 45.5 Å².